The van der Waals surface area contributed by atoms with Crippen LogP contribution < -0.4 is 5.32 Å². The Kier molecular flexibility index (Phi) is 7.21. The molecule has 0 aliphatic carbocycles. The summed E-state index contributed by atoms with van der Waals surface area (Å²) in [5.74, 6) is -4.50. The maximum atomic E-state index is 13.6. The number of amides is 1. The second-order valence-electron chi connectivity index (χ2n) is 6.38. The molecule has 12 heteroatoms. The van der Waals surface area contributed by atoms with Gasteiger partial charge in [-0.1, -0.05) is 17.7 Å². The van der Waals surface area contributed by atoms with E-state index in [-0.39, 0.29) is 41.9 Å². The number of sulfonamides is 1. The van der Waals surface area contributed by atoms with Crippen molar-refractivity contribution < 1.29 is 36.3 Å². The third-order valence-corrected chi connectivity index (χ3v) is 6.55. The lowest BCUT2D eigenvalue weighted by Gasteiger charge is -2.26. The molecule has 1 saturated heterocycles. The van der Waals surface area contributed by atoms with Gasteiger partial charge in [-0.05, 0) is 30.3 Å². The third kappa shape index (κ3) is 5.37. The standard InChI is InChI=1S/C19H17ClF2N2O6S/c20-13-5-4-12(31(27,28)24-6-8-29-9-7-24)10-16(13)23-17(25)11-30-19(26)18-14(21)2-1-3-15(18)22/h1-5,10H,6-9,11H2,(H,23,25). The summed E-state index contributed by atoms with van der Waals surface area (Å²) in [5.41, 5.74) is -0.957. The van der Waals surface area contributed by atoms with Crippen molar-refractivity contribution in [2.24, 2.45) is 0 Å². The van der Waals surface area contributed by atoms with E-state index in [1.165, 1.54) is 22.5 Å². The first kappa shape index (κ1) is 23.1. The molecule has 1 heterocycles. The normalized spacial score (nSPS) is 14.8. The van der Waals surface area contributed by atoms with Crippen LogP contribution in [0.5, 0.6) is 0 Å². The van der Waals surface area contributed by atoms with Crippen molar-refractivity contribution in [3.05, 3.63) is 58.6 Å². The molecule has 1 aliphatic heterocycles. The first-order valence-electron chi connectivity index (χ1n) is 8.98. The highest BCUT2D eigenvalue weighted by Gasteiger charge is 2.27. The maximum Gasteiger partial charge on any atom is 0.344 e. The SMILES string of the molecule is O=C(COC(=O)c1c(F)cccc1F)Nc1cc(S(=O)(=O)N2CCOCC2)ccc1Cl. The van der Waals surface area contributed by atoms with E-state index >= 15 is 0 Å². The molecule has 0 saturated carbocycles. The summed E-state index contributed by atoms with van der Waals surface area (Å²) in [6.07, 6.45) is 0. The molecule has 166 valence electrons. The van der Waals surface area contributed by atoms with Crippen molar-refractivity contribution in [2.45, 2.75) is 4.90 Å². The molecule has 0 bridgehead atoms. The van der Waals surface area contributed by atoms with Gasteiger partial charge in [-0.15, -0.1) is 0 Å². The van der Waals surface area contributed by atoms with Crippen molar-refractivity contribution >= 4 is 39.2 Å². The molecule has 0 spiro atoms. The lowest BCUT2D eigenvalue weighted by atomic mass is 10.2. The number of nitrogens with zero attached hydrogens (tertiary/aromatic N) is 1. The molecule has 2 aromatic rings. The molecule has 1 amide bonds. The number of hydrogen-bond acceptors (Lipinski definition) is 6. The number of halogens is 3. The summed E-state index contributed by atoms with van der Waals surface area (Å²) in [5, 5.41) is 2.36. The first-order chi connectivity index (χ1) is 14.7. The third-order valence-electron chi connectivity index (χ3n) is 4.32. The molecule has 0 aromatic heterocycles. The highest BCUT2D eigenvalue weighted by Crippen LogP contribution is 2.27. The molecule has 1 aliphatic rings. The summed E-state index contributed by atoms with van der Waals surface area (Å²) in [6.45, 7) is 0.0442. The highest BCUT2D eigenvalue weighted by molar-refractivity contribution is 7.89. The van der Waals surface area contributed by atoms with Gasteiger partial charge in [0.05, 0.1) is 28.8 Å². The van der Waals surface area contributed by atoms with E-state index in [4.69, 9.17) is 16.3 Å². The van der Waals surface area contributed by atoms with Gasteiger partial charge >= 0.3 is 5.97 Å². The minimum absolute atomic E-state index is 0.0332. The Labute approximate surface area is 181 Å². The van der Waals surface area contributed by atoms with Crippen LogP contribution in [-0.2, 0) is 24.3 Å². The smallest absolute Gasteiger partial charge is 0.344 e. The van der Waals surface area contributed by atoms with E-state index in [0.29, 0.717) is 0 Å². The summed E-state index contributed by atoms with van der Waals surface area (Å²) in [7, 11) is -3.83. The van der Waals surface area contributed by atoms with Crippen molar-refractivity contribution in [1.29, 1.82) is 0 Å². The van der Waals surface area contributed by atoms with Crippen molar-refractivity contribution in [1.82, 2.24) is 4.31 Å². The Morgan fingerprint density at radius 2 is 1.77 bits per heavy atom. The molecule has 0 unspecified atom stereocenters. The zero-order valence-corrected chi connectivity index (χ0v) is 17.5. The molecule has 3 rings (SSSR count). The highest BCUT2D eigenvalue weighted by atomic mass is 35.5. The van der Waals surface area contributed by atoms with Gasteiger partial charge in [0.1, 0.15) is 17.2 Å². The fourth-order valence-electron chi connectivity index (χ4n) is 2.78. The predicted octanol–water partition coefficient (Wildman–Crippen LogP) is 2.43. The van der Waals surface area contributed by atoms with Crippen LogP contribution in [0.25, 0.3) is 0 Å². The van der Waals surface area contributed by atoms with Gasteiger partial charge in [0, 0.05) is 13.1 Å². The van der Waals surface area contributed by atoms with Gasteiger partial charge < -0.3 is 14.8 Å². The number of rotatable bonds is 6. The van der Waals surface area contributed by atoms with E-state index in [1.807, 2.05) is 0 Å². The van der Waals surface area contributed by atoms with Gasteiger partial charge in [-0.3, -0.25) is 4.79 Å². The number of ether oxygens (including phenoxy) is 2. The molecular weight excluding hydrogens is 458 g/mol. The Balaban J connectivity index is 1.69. The van der Waals surface area contributed by atoms with Gasteiger partial charge in [0.15, 0.2) is 6.61 Å². The van der Waals surface area contributed by atoms with Crippen LogP contribution in [-0.4, -0.2) is 57.5 Å². The van der Waals surface area contributed by atoms with Crippen molar-refractivity contribution in [3.63, 3.8) is 0 Å². The number of nitrogens with one attached hydrogen (secondary N) is 1. The van der Waals surface area contributed by atoms with E-state index in [0.717, 1.165) is 18.2 Å². The van der Waals surface area contributed by atoms with Crippen LogP contribution in [0.1, 0.15) is 10.4 Å². The van der Waals surface area contributed by atoms with Gasteiger partial charge in [-0.2, -0.15) is 4.31 Å². The Morgan fingerprint density at radius 3 is 2.42 bits per heavy atom. The average Bonchev–Trinajstić information content (AvgIpc) is 2.74. The number of benzene rings is 2. The predicted molar refractivity (Wildman–Crippen MR) is 106 cm³/mol. The van der Waals surface area contributed by atoms with E-state index < -0.39 is 45.7 Å². The van der Waals surface area contributed by atoms with Crippen molar-refractivity contribution in [3.8, 4) is 0 Å². The number of hydrogen-bond donors (Lipinski definition) is 1. The number of carbonyl (C=O) groups excluding carboxylic acids is 2. The number of anilines is 1. The van der Waals surface area contributed by atoms with Gasteiger partial charge in [-0.25, -0.2) is 22.0 Å². The molecule has 1 N–H and O–H groups in total. The molecule has 1 fully saturated rings. The van der Waals surface area contributed by atoms with E-state index in [2.05, 4.69) is 10.1 Å². The van der Waals surface area contributed by atoms with E-state index in [1.54, 1.807) is 0 Å². The fraction of sp³-hybridized carbons (Fsp3) is 0.263. The van der Waals surface area contributed by atoms with Crippen LogP contribution in [0.3, 0.4) is 0 Å². The molecule has 2 aromatic carbocycles. The Morgan fingerprint density at radius 1 is 1.13 bits per heavy atom. The summed E-state index contributed by atoms with van der Waals surface area (Å²) < 4.78 is 63.7. The maximum absolute atomic E-state index is 13.6. The van der Waals surface area contributed by atoms with Crippen LogP contribution >= 0.6 is 11.6 Å². The van der Waals surface area contributed by atoms with Crippen LogP contribution in [0.15, 0.2) is 41.3 Å². The number of carbonyl (C=O) groups is 2. The van der Waals surface area contributed by atoms with Gasteiger partial charge in [0.25, 0.3) is 5.91 Å². The monoisotopic (exact) mass is 474 g/mol. The lowest BCUT2D eigenvalue weighted by Crippen LogP contribution is -2.40. The Bertz CT molecular complexity index is 1090. The zero-order chi connectivity index (χ0) is 22.6. The second-order valence-corrected chi connectivity index (χ2v) is 8.72. The minimum atomic E-state index is -3.83. The number of morpholine rings is 1. The summed E-state index contributed by atoms with van der Waals surface area (Å²) in [6, 6.07) is 6.59. The van der Waals surface area contributed by atoms with Crippen LogP contribution in [0, 0.1) is 11.6 Å². The lowest BCUT2D eigenvalue weighted by molar-refractivity contribution is -0.119. The number of esters is 1. The fourth-order valence-corrected chi connectivity index (χ4v) is 4.38. The summed E-state index contributed by atoms with van der Waals surface area (Å²) >= 11 is 6.03. The molecule has 0 atom stereocenters. The average molecular weight is 475 g/mol. The van der Waals surface area contributed by atoms with Crippen LogP contribution in [0.2, 0.25) is 5.02 Å². The zero-order valence-electron chi connectivity index (χ0n) is 15.9. The minimum Gasteiger partial charge on any atom is -0.452 e. The molecule has 8 nitrogen and oxygen atoms in total. The molecule has 31 heavy (non-hydrogen) atoms. The topological polar surface area (TPSA) is 102 Å². The summed E-state index contributed by atoms with van der Waals surface area (Å²) in [4.78, 5) is 23.9. The first-order valence-corrected chi connectivity index (χ1v) is 10.8. The quantitative estimate of drug-likeness (QED) is 0.645. The van der Waals surface area contributed by atoms with Gasteiger partial charge in [0.2, 0.25) is 10.0 Å². The van der Waals surface area contributed by atoms with E-state index in [9.17, 15) is 26.8 Å². The van der Waals surface area contributed by atoms with Crippen molar-refractivity contribution in [2.75, 3.05) is 38.2 Å². The van der Waals surface area contributed by atoms with Crippen LogP contribution in [0.4, 0.5) is 14.5 Å². The Hall–Kier alpha value is -2.60. The molecular formula is C19H17ClF2N2O6S. The largest absolute Gasteiger partial charge is 0.452 e. The second kappa shape index (κ2) is 9.69. The molecule has 0 radical (unpaired) electrons.